The molecule has 14 heteroatoms. The average Bonchev–Trinajstić information content (AvgIpc) is 3.30. The molecular weight excluding hydrogens is 574 g/mol. The van der Waals surface area contributed by atoms with E-state index in [2.05, 4.69) is 10.6 Å². The number of nitrogens with one attached hydrogen (secondary N) is 3. The van der Waals surface area contributed by atoms with Crippen LogP contribution in [0.5, 0.6) is 0 Å². The number of hydrogen-bond acceptors (Lipinski definition) is 6. The molecule has 3 rings (SSSR count). The molecule has 0 bridgehead atoms. The maximum absolute atomic E-state index is 13.8. The molecule has 1 aliphatic carbocycles. The fraction of sp³-hybridized carbons (Fsp3) is 0.462. The molecule has 2 unspecified atom stereocenters. The van der Waals surface area contributed by atoms with E-state index >= 15 is 0 Å². The second-order valence-electron chi connectivity index (χ2n) is 9.97. The minimum atomic E-state index is -5.11. The number of halogens is 4. The standard InChI is InChI=1S/C26H31F4N3O5S2/c1-14(2)8-20(33-25(36)22-10-16-6-4-5-7-21(16)39-22)24(35)31-12-17(34)13-32-40(37,38)23-9-15(3)19(27)11-18(23)26(28,29)30/h4-7,9-11,14-15,17,19-20,32,34H,8,12-13H2,1-3H3,(H,31,35)(H,33,36)/t15?,17-,19?,20+/m1/s1. The normalized spacial score (nSPS) is 19.6. The van der Waals surface area contributed by atoms with Gasteiger partial charge in [-0.2, -0.15) is 13.2 Å². The Morgan fingerprint density at radius 1 is 1.12 bits per heavy atom. The quantitative estimate of drug-likeness (QED) is 0.290. The number of thiophene rings is 1. The highest BCUT2D eigenvalue weighted by Gasteiger charge is 2.43. The second kappa shape index (κ2) is 12.8. The molecule has 0 spiro atoms. The Hall–Kier alpha value is -2.81. The summed E-state index contributed by atoms with van der Waals surface area (Å²) < 4.78 is 81.9. The van der Waals surface area contributed by atoms with E-state index in [4.69, 9.17) is 0 Å². The molecule has 8 nitrogen and oxygen atoms in total. The minimum absolute atomic E-state index is 0.0150. The van der Waals surface area contributed by atoms with Gasteiger partial charge in [0.1, 0.15) is 12.2 Å². The molecule has 1 aliphatic rings. The molecule has 1 aromatic carbocycles. The molecular formula is C26H31F4N3O5S2. The molecule has 0 saturated heterocycles. The van der Waals surface area contributed by atoms with Crippen molar-refractivity contribution in [3.8, 4) is 0 Å². The molecule has 0 fully saturated rings. The number of amides is 2. The molecule has 0 aliphatic heterocycles. The van der Waals surface area contributed by atoms with E-state index in [9.17, 15) is 40.7 Å². The van der Waals surface area contributed by atoms with Gasteiger partial charge in [0, 0.05) is 23.7 Å². The van der Waals surface area contributed by atoms with Gasteiger partial charge in [0.2, 0.25) is 15.9 Å². The summed E-state index contributed by atoms with van der Waals surface area (Å²) in [4.78, 5) is 25.0. The Kier molecular flexibility index (Phi) is 10.1. The van der Waals surface area contributed by atoms with Gasteiger partial charge in [-0.1, -0.05) is 45.0 Å². The van der Waals surface area contributed by atoms with Crippen LogP contribution in [0.25, 0.3) is 10.1 Å². The highest BCUT2D eigenvalue weighted by Crippen LogP contribution is 2.38. The van der Waals surface area contributed by atoms with Crippen LogP contribution in [0.3, 0.4) is 0 Å². The number of rotatable bonds is 11. The zero-order valence-corrected chi connectivity index (χ0v) is 23.6. The Labute approximate surface area is 233 Å². The van der Waals surface area contributed by atoms with Gasteiger partial charge in [-0.3, -0.25) is 9.59 Å². The van der Waals surface area contributed by atoms with E-state index in [0.29, 0.717) is 11.0 Å². The lowest BCUT2D eigenvalue weighted by Gasteiger charge is -2.24. The number of aliphatic hydroxyl groups excluding tert-OH is 1. The van der Waals surface area contributed by atoms with E-state index < -0.39 is 75.8 Å². The van der Waals surface area contributed by atoms with Crippen LogP contribution in [0.2, 0.25) is 0 Å². The van der Waals surface area contributed by atoms with Crippen molar-refractivity contribution in [2.45, 2.75) is 51.7 Å². The van der Waals surface area contributed by atoms with Gasteiger partial charge in [0.05, 0.1) is 21.5 Å². The van der Waals surface area contributed by atoms with Crippen LogP contribution in [-0.2, 0) is 14.8 Å². The van der Waals surface area contributed by atoms with Crippen molar-refractivity contribution in [2.24, 2.45) is 11.8 Å². The van der Waals surface area contributed by atoms with Crippen LogP contribution < -0.4 is 15.4 Å². The molecule has 1 heterocycles. The SMILES string of the molecule is CC(C)C[C@H](NC(=O)c1cc2ccccc2s1)C(=O)NC[C@@H](O)CNS(=O)(=O)C1=CC(C)C(F)C=C1C(F)(F)F. The number of carbonyl (C=O) groups is 2. The van der Waals surface area contributed by atoms with Gasteiger partial charge in [0.15, 0.2) is 0 Å². The first kappa shape index (κ1) is 31.7. The Morgan fingerprint density at radius 2 is 1.80 bits per heavy atom. The summed E-state index contributed by atoms with van der Waals surface area (Å²) in [6.07, 6.45) is -7.44. The summed E-state index contributed by atoms with van der Waals surface area (Å²) in [6.45, 7) is 3.78. The lowest BCUT2D eigenvalue weighted by molar-refractivity contribution is -0.123. The summed E-state index contributed by atoms with van der Waals surface area (Å²) in [6, 6.07) is 8.18. The summed E-state index contributed by atoms with van der Waals surface area (Å²) in [7, 11) is -4.77. The number of sulfonamides is 1. The third kappa shape index (κ3) is 8.12. The number of benzene rings is 1. The maximum Gasteiger partial charge on any atom is 0.417 e. The Morgan fingerprint density at radius 3 is 2.42 bits per heavy atom. The summed E-state index contributed by atoms with van der Waals surface area (Å²) in [5, 5.41) is 16.3. The van der Waals surface area contributed by atoms with Crippen LogP contribution in [0, 0.1) is 11.8 Å². The highest BCUT2D eigenvalue weighted by molar-refractivity contribution is 7.93. The fourth-order valence-corrected chi connectivity index (χ4v) is 6.41. The van der Waals surface area contributed by atoms with Crippen molar-refractivity contribution in [1.29, 1.82) is 0 Å². The zero-order chi connectivity index (χ0) is 29.8. The van der Waals surface area contributed by atoms with Gasteiger partial charge >= 0.3 is 6.18 Å². The summed E-state index contributed by atoms with van der Waals surface area (Å²) >= 11 is 1.27. The molecule has 1 aromatic heterocycles. The van der Waals surface area contributed by atoms with Gasteiger partial charge in [-0.05, 0) is 35.9 Å². The van der Waals surface area contributed by atoms with Crippen molar-refractivity contribution in [3.63, 3.8) is 0 Å². The second-order valence-corrected chi connectivity index (χ2v) is 12.8. The minimum Gasteiger partial charge on any atom is -0.390 e. The van der Waals surface area contributed by atoms with Crippen molar-refractivity contribution in [2.75, 3.05) is 13.1 Å². The van der Waals surface area contributed by atoms with Crippen molar-refractivity contribution in [1.82, 2.24) is 15.4 Å². The zero-order valence-electron chi connectivity index (χ0n) is 22.0. The monoisotopic (exact) mass is 605 g/mol. The molecule has 40 heavy (non-hydrogen) atoms. The predicted molar refractivity (Wildman–Crippen MR) is 145 cm³/mol. The van der Waals surface area contributed by atoms with E-state index in [1.54, 1.807) is 6.07 Å². The summed E-state index contributed by atoms with van der Waals surface area (Å²) in [5.74, 6) is -2.16. The molecule has 0 radical (unpaired) electrons. The van der Waals surface area contributed by atoms with Crippen LogP contribution in [-0.4, -0.2) is 62.9 Å². The van der Waals surface area contributed by atoms with Gasteiger partial charge < -0.3 is 15.7 Å². The van der Waals surface area contributed by atoms with Crippen LogP contribution >= 0.6 is 11.3 Å². The van der Waals surface area contributed by atoms with E-state index in [-0.39, 0.29) is 18.4 Å². The largest absolute Gasteiger partial charge is 0.417 e. The molecule has 0 saturated carbocycles. The maximum atomic E-state index is 13.8. The van der Waals surface area contributed by atoms with Crippen LogP contribution in [0.4, 0.5) is 17.6 Å². The average molecular weight is 606 g/mol. The van der Waals surface area contributed by atoms with Crippen molar-refractivity contribution >= 4 is 43.3 Å². The van der Waals surface area contributed by atoms with Crippen molar-refractivity contribution < 1.29 is 40.7 Å². The molecule has 2 amide bonds. The Balaban J connectivity index is 1.60. The Bertz CT molecular complexity index is 1370. The molecule has 4 atom stereocenters. The number of carbonyl (C=O) groups excluding carboxylic acids is 2. The highest BCUT2D eigenvalue weighted by atomic mass is 32.2. The number of aliphatic hydroxyl groups is 1. The predicted octanol–water partition coefficient (Wildman–Crippen LogP) is 3.80. The van der Waals surface area contributed by atoms with Crippen LogP contribution in [0.1, 0.15) is 36.9 Å². The lowest BCUT2D eigenvalue weighted by atomic mass is 9.96. The number of fused-ring (bicyclic) bond motifs is 1. The van der Waals surface area contributed by atoms with Crippen molar-refractivity contribution in [3.05, 3.63) is 57.8 Å². The molecule has 4 N–H and O–H groups in total. The van der Waals surface area contributed by atoms with E-state index in [1.165, 1.54) is 18.3 Å². The number of alkyl halides is 4. The van der Waals surface area contributed by atoms with Gasteiger partial charge in [0.25, 0.3) is 5.91 Å². The van der Waals surface area contributed by atoms with Gasteiger partial charge in [-0.15, -0.1) is 11.3 Å². The fourth-order valence-electron chi connectivity index (χ4n) is 4.01. The number of hydrogen-bond donors (Lipinski definition) is 4. The first-order valence-electron chi connectivity index (χ1n) is 12.5. The topological polar surface area (TPSA) is 125 Å². The number of allylic oxidation sites excluding steroid dienone is 3. The summed E-state index contributed by atoms with van der Waals surface area (Å²) in [5.41, 5.74) is -1.63. The third-order valence-electron chi connectivity index (χ3n) is 6.10. The first-order chi connectivity index (χ1) is 18.6. The smallest absolute Gasteiger partial charge is 0.390 e. The first-order valence-corrected chi connectivity index (χ1v) is 14.8. The third-order valence-corrected chi connectivity index (χ3v) is 8.70. The lowest BCUT2D eigenvalue weighted by Crippen LogP contribution is -2.50. The van der Waals surface area contributed by atoms with E-state index in [1.807, 2.05) is 42.8 Å². The molecule has 220 valence electrons. The van der Waals surface area contributed by atoms with Crippen LogP contribution in [0.15, 0.2) is 53.0 Å². The molecule has 2 aromatic rings. The van der Waals surface area contributed by atoms with E-state index in [0.717, 1.165) is 10.1 Å². The van der Waals surface area contributed by atoms with Gasteiger partial charge in [-0.25, -0.2) is 17.5 Å².